The normalized spacial score (nSPS) is 14.0. The lowest BCUT2D eigenvalue weighted by atomic mass is 10.1. The second kappa shape index (κ2) is 8.13. The standard InChI is InChI=1S/C21H19Cl2FN2O3/c22-17-11-16-15-5-7-25(21(27)28)8-6-19(15)26(20(16)12-18(17)23)9-10-29-14-3-1-13(24)2-4-14/h1-4,11-12H,5-10H2,(H,27,28). The third-order valence-corrected chi connectivity index (χ3v) is 5.97. The molecule has 4 rings (SSSR count). The molecule has 3 aromatic rings. The summed E-state index contributed by atoms with van der Waals surface area (Å²) in [7, 11) is 0. The molecule has 1 aliphatic heterocycles. The van der Waals surface area contributed by atoms with E-state index in [9.17, 15) is 14.3 Å². The Morgan fingerprint density at radius 3 is 2.52 bits per heavy atom. The third-order valence-electron chi connectivity index (χ3n) is 5.25. The number of aromatic nitrogens is 1. The van der Waals surface area contributed by atoms with Gasteiger partial charge in [-0.3, -0.25) is 0 Å². The van der Waals surface area contributed by atoms with Gasteiger partial charge in [-0.1, -0.05) is 23.2 Å². The average Bonchev–Trinajstić information content (AvgIpc) is 2.83. The maximum absolute atomic E-state index is 13.1. The first kappa shape index (κ1) is 19.9. The Balaban J connectivity index is 1.65. The van der Waals surface area contributed by atoms with Crippen LogP contribution in [0.25, 0.3) is 10.9 Å². The van der Waals surface area contributed by atoms with Crippen LogP contribution in [-0.4, -0.2) is 40.4 Å². The Morgan fingerprint density at radius 1 is 1.10 bits per heavy atom. The number of benzene rings is 2. The van der Waals surface area contributed by atoms with Gasteiger partial charge < -0.3 is 19.3 Å². The van der Waals surface area contributed by atoms with Crippen LogP contribution in [0.1, 0.15) is 11.3 Å². The molecule has 2 aromatic carbocycles. The number of rotatable bonds is 4. The summed E-state index contributed by atoms with van der Waals surface area (Å²) in [5, 5.41) is 11.3. The van der Waals surface area contributed by atoms with E-state index in [0.29, 0.717) is 54.9 Å². The largest absolute Gasteiger partial charge is 0.492 e. The topological polar surface area (TPSA) is 54.7 Å². The molecule has 1 amide bonds. The molecule has 0 fully saturated rings. The second-order valence-electron chi connectivity index (χ2n) is 6.93. The van der Waals surface area contributed by atoms with Gasteiger partial charge in [-0.15, -0.1) is 0 Å². The fraction of sp³-hybridized carbons (Fsp3) is 0.286. The number of fused-ring (bicyclic) bond motifs is 3. The van der Waals surface area contributed by atoms with Crippen LogP contribution in [0, 0.1) is 5.82 Å². The Bertz CT molecular complexity index is 1070. The molecule has 1 aromatic heterocycles. The van der Waals surface area contributed by atoms with E-state index in [0.717, 1.165) is 22.2 Å². The van der Waals surface area contributed by atoms with Crippen LogP contribution in [0.3, 0.4) is 0 Å². The molecule has 0 bridgehead atoms. The maximum atomic E-state index is 13.1. The Morgan fingerprint density at radius 2 is 1.79 bits per heavy atom. The van der Waals surface area contributed by atoms with Gasteiger partial charge in [0.1, 0.15) is 18.2 Å². The highest BCUT2D eigenvalue weighted by Crippen LogP contribution is 2.35. The minimum Gasteiger partial charge on any atom is -0.492 e. The predicted molar refractivity (Wildman–Crippen MR) is 111 cm³/mol. The molecule has 0 saturated heterocycles. The van der Waals surface area contributed by atoms with Crippen LogP contribution in [0.2, 0.25) is 10.0 Å². The Kier molecular flexibility index (Phi) is 5.56. The highest BCUT2D eigenvalue weighted by atomic mass is 35.5. The molecule has 0 radical (unpaired) electrons. The first-order chi connectivity index (χ1) is 13.9. The van der Waals surface area contributed by atoms with Gasteiger partial charge in [-0.05, 0) is 48.4 Å². The molecule has 1 aliphatic rings. The lowest BCUT2D eigenvalue weighted by Gasteiger charge is -2.16. The quantitative estimate of drug-likeness (QED) is 0.607. The summed E-state index contributed by atoms with van der Waals surface area (Å²) >= 11 is 12.5. The van der Waals surface area contributed by atoms with Gasteiger partial charge in [0.15, 0.2) is 0 Å². The van der Waals surface area contributed by atoms with E-state index in [1.54, 1.807) is 12.1 Å². The monoisotopic (exact) mass is 436 g/mol. The van der Waals surface area contributed by atoms with Crippen LogP contribution in [0.4, 0.5) is 9.18 Å². The zero-order valence-corrected chi connectivity index (χ0v) is 17.0. The Hall–Kier alpha value is -2.44. The van der Waals surface area contributed by atoms with Crippen LogP contribution in [-0.2, 0) is 19.4 Å². The maximum Gasteiger partial charge on any atom is 0.407 e. The second-order valence-corrected chi connectivity index (χ2v) is 7.75. The zero-order valence-electron chi connectivity index (χ0n) is 15.5. The number of hydrogen-bond donors (Lipinski definition) is 1. The van der Waals surface area contributed by atoms with Crippen molar-refractivity contribution in [2.75, 3.05) is 19.7 Å². The van der Waals surface area contributed by atoms with E-state index in [-0.39, 0.29) is 5.82 Å². The van der Waals surface area contributed by atoms with E-state index < -0.39 is 6.09 Å². The summed E-state index contributed by atoms with van der Waals surface area (Å²) in [6.45, 7) is 1.80. The minimum atomic E-state index is -0.910. The zero-order chi connectivity index (χ0) is 20.5. The smallest absolute Gasteiger partial charge is 0.407 e. The van der Waals surface area contributed by atoms with E-state index >= 15 is 0 Å². The molecular formula is C21H19Cl2FN2O3. The number of ether oxygens (including phenoxy) is 1. The minimum absolute atomic E-state index is 0.312. The SMILES string of the molecule is O=C(O)N1CCc2c(n(CCOc3ccc(F)cc3)c3cc(Cl)c(Cl)cc23)CC1. The van der Waals surface area contributed by atoms with Gasteiger partial charge >= 0.3 is 6.09 Å². The molecule has 2 heterocycles. The molecular weight excluding hydrogens is 418 g/mol. The first-order valence-corrected chi connectivity index (χ1v) is 10.0. The number of hydrogen-bond acceptors (Lipinski definition) is 2. The van der Waals surface area contributed by atoms with Crippen molar-refractivity contribution in [3.63, 3.8) is 0 Å². The van der Waals surface area contributed by atoms with Crippen molar-refractivity contribution in [3.05, 3.63) is 63.5 Å². The van der Waals surface area contributed by atoms with Crippen molar-refractivity contribution < 1.29 is 19.0 Å². The van der Waals surface area contributed by atoms with Gasteiger partial charge in [-0.2, -0.15) is 0 Å². The summed E-state index contributed by atoms with van der Waals surface area (Å²) in [4.78, 5) is 12.8. The fourth-order valence-electron chi connectivity index (χ4n) is 3.86. The molecule has 5 nitrogen and oxygen atoms in total. The fourth-order valence-corrected chi connectivity index (χ4v) is 4.18. The molecule has 1 N–H and O–H groups in total. The van der Waals surface area contributed by atoms with Crippen LogP contribution >= 0.6 is 23.2 Å². The first-order valence-electron chi connectivity index (χ1n) is 9.29. The summed E-state index contributed by atoms with van der Waals surface area (Å²) in [6, 6.07) is 9.59. The van der Waals surface area contributed by atoms with Crippen molar-refractivity contribution in [1.82, 2.24) is 9.47 Å². The lowest BCUT2D eigenvalue weighted by Crippen LogP contribution is -2.31. The third kappa shape index (κ3) is 4.00. The van der Waals surface area contributed by atoms with E-state index in [4.69, 9.17) is 27.9 Å². The summed E-state index contributed by atoms with van der Waals surface area (Å²) in [5.74, 6) is 0.278. The van der Waals surface area contributed by atoms with Crippen molar-refractivity contribution in [2.24, 2.45) is 0 Å². The summed E-state index contributed by atoms with van der Waals surface area (Å²) < 4.78 is 21.0. The van der Waals surface area contributed by atoms with Gasteiger partial charge in [-0.25, -0.2) is 9.18 Å². The highest BCUT2D eigenvalue weighted by Gasteiger charge is 2.24. The molecule has 0 unspecified atom stereocenters. The van der Waals surface area contributed by atoms with E-state index in [2.05, 4.69) is 4.57 Å². The number of amides is 1. The predicted octanol–water partition coefficient (Wildman–Crippen LogP) is 5.24. The molecule has 0 spiro atoms. The van der Waals surface area contributed by atoms with Gasteiger partial charge in [0.2, 0.25) is 0 Å². The average molecular weight is 437 g/mol. The number of nitrogens with zero attached hydrogens (tertiary/aromatic N) is 2. The molecule has 29 heavy (non-hydrogen) atoms. The molecule has 152 valence electrons. The molecule has 0 atom stereocenters. The van der Waals surface area contributed by atoms with Crippen molar-refractivity contribution in [1.29, 1.82) is 0 Å². The molecule has 0 aliphatic carbocycles. The summed E-state index contributed by atoms with van der Waals surface area (Å²) in [6.07, 6.45) is 0.302. The van der Waals surface area contributed by atoms with Crippen LogP contribution in [0.15, 0.2) is 36.4 Å². The number of carboxylic acid groups (broad SMARTS) is 1. The lowest BCUT2D eigenvalue weighted by molar-refractivity contribution is 0.147. The van der Waals surface area contributed by atoms with Crippen LogP contribution in [0.5, 0.6) is 5.75 Å². The number of halogens is 3. The van der Waals surface area contributed by atoms with Crippen molar-refractivity contribution in [2.45, 2.75) is 19.4 Å². The molecule has 0 saturated carbocycles. The van der Waals surface area contributed by atoms with Gasteiger partial charge in [0.05, 0.1) is 22.1 Å². The summed E-state index contributed by atoms with van der Waals surface area (Å²) in [5.41, 5.74) is 3.13. The van der Waals surface area contributed by atoms with E-state index in [1.807, 2.05) is 12.1 Å². The highest BCUT2D eigenvalue weighted by molar-refractivity contribution is 6.42. The molecule has 8 heteroatoms. The van der Waals surface area contributed by atoms with E-state index in [1.165, 1.54) is 17.0 Å². The number of carbonyl (C=O) groups is 1. The van der Waals surface area contributed by atoms with Crippen molar-refractivity contribution in [3.8, 4) is 5.75 Å². The Labute approximate surface area is 177 Å². The van der Waals surface area contributed by atoms with Crippen molar-refractivity contribution >= 4 is 40.2 Å². The van der Waals surface area contributed by atoms with Gasteiger partial charge in [0, 0.05) is 30.6 Å². The van der Waals surface area contributed by atoms with Crippen LogP contribution < -0.4 is 4.74 Å². The van der Waals surface area contributed by atoms with Gasteiger partial charge in [0.25, 0.3) is 0 Å².